The fourth-order valence-electron chi connectivity index (χ4n) is 8.40. The monoisotopic (exact) mass is 648 g/mol. The number of hydrogen-bond acceptors (Lipinski definition) is 9. The van der Waals surface area contributed by atoms with E-state index in [4.69, 9.17) is 37.9 Å². The van der Waals surface area contributed by atoms with Crippen molar-refractivity contribution in [2.24, 2.45) is 23.2 Å². The van der Waals surface area contributed by atoms with Crippen LogP contribution in [-0.4, -0.2) is 91.5 Å². The van der Waals surface area contributed by atoms with E-state index in [0.717, 1.165) is 31.1 Å². The Balaban J connectivity index is 1.13. The van der Waals surface area contributed by atoms with Crippen LogP contribution in [0.5, 0.6) is 5.75 Å². The van der Waals surface area contributed by atoms with E-state index in [1.165, 1.54) is 44.1 Å². The molecule has 0 heterocycles. The number of esters is 1. The van der Waals surface area contributed by atoms with Crippen molar-refractivity contribution < 1.29 is 42.7 Å². The van der Waals surface area contributed by atoms with E-state index >= 15 is 0 Å². The highest BCUT2D eigenvalue weighted by Gasteiger charge is 2.57. The largest absolute Gasteiger partial charge is 0.468 e. The zero-order valence-electron chi connectivity index (χ0n) is 29.3. The van der Waals surface area contributed by atoms with Crippen LogP contribution in [0.1, 0.15) is 89.7 Å². The summed E-state index contributed by atoms with van der Waals surface area (Å²) >= 11 is 0. The highest BCUT2D eigenvalue weighted by molar-refractivity contribution is 5.71. The molecular weight excluding hydrogens is 588 g/mol. The summed E-state index contributed by atoms with van der Waals surface area (Å²) in [6, 6.07) is 6.74. The molecule has 0 bridgehead atoms. The van der Waals surface area contributed by atoms with Crippen LogP contribution in [0.3, 0.4) is 0 Å². The second-order valence-electron chi connectivity index (χ2n) is 14.5. The summed E-state index contributed by atoms with van der Waals surface area (Å²) in [6.07, 6.45) is 9.94. The minimum atomic E-state index is -0.502. The minimum Gasteiger partial charge on any atom is -0.468 e. The molecule has 0 saturated heterocycles. The Labute approximate surface area is 277 Å². The number of methoxy groups -OCH3 is 2. The van der Waals surface area contributed by atoms with Crippen LogP contribution in [0.2, 0.25) is 0 Å². The van der Waals surface area contributed by atoms with Crippen molar-refractivity contribution in [3.8, 4) is 5.75 Å². The molecule has 2 fully saturated rings. The molecule has 9 heteroatoms. The maximum atomic E-state index is 11.6. The van der Waals surface area contributed by atoms with Gasteiger partial charge in [0.05, 0.1) is 45.7 Å². The number of rotatable bonds is 20. The fourth-order valence-corrected chi connectivity index (χ4v) is 8.40. The van der Waals surface area contributed by atoms with Crippen molar-refractivity contribution in [1.29, 1.82) is 0 Å². The van der Waals surface area contributed by atoms with Crippen LogP contribution < -0.4 is 4.74 Å². The molecule has 1 aromatic carbocycles. The Hall–Kier alpha value is -1.75. The molecule has 6 unspecified atom stereocenters. The van der Waals surface area contributed by atoms with Crippen LogP contribution in [0, 0.1) is 23.2 Å². The van der Waals surface area contributed by atoms with E-state index in [1.54, 1.807) is 12.7 Å². The van der Waals surface area contributed by atoms with E-state index in [9.17, 15) is 4.79 Å². The lowest BCUT2D eigenvalue weighted by molar-refractivity contribution is -0.160. The minimum absolute atomic E-state index is 0.0650. The van der Waals surface area contributed by atoms with E-state index in [1.807, 2.05) is 27.9 Å². The number of carbonyl (C=O) groups excluding carboxylic acids is 1. The predicted molar refractivity (Wildman–Crippen MR) is 176 cm³/mol. The first-order valence-corrected chi connectivity index (χ1v) is 17.5. The van der Waals surface area contributed by atoms with Gasteiger partial charge >= 0.3 is 5.97 Å². The number of hydrogen-bond donors (Lipinski definition) is 0. The summed E-state index contributed by atoms with van der Waals surface area (Å²) in [6.45, 7) is 11.9. The van der Waals surface area contributed by atoms with Crippen molar-refractivity contribution >= 4 is 5.97 Å². The lowest BCUT2D eigenvalue weighted by Crippen LogP contribution is -2.47. The molecule has 0 N–H and O–H groups in total. The fraction of sp³-hybridized carbons (Fsp3) is 0.811. The Kier molecular flexibility index (Phi) is 14.6. The first-order valence-electron chi connectivity index (χ1n) is 17.5. The Morgan fingerprint density at radius 1 is 0.891 bits per heavy atom. The van der Waals surface area contributed by atoms with E-state index in [2.05, 4.69) is 25.1 Å². The molecule has 3 aliphatic carbocycles. The molecule has 46 heavy (non-hydrogen) atoms. The number of unbranched alkanes of at least 4 members (excludes halogenated alkanes) is 1. The van der Waals surface area contributed by atoms with E-state index < -0.39 is 5.60 Å². The average molecular weight is 649 g/mol. The second-order valence-corrected chi connectivity index (χ2v) is 14.5. The molecule has 0 radical (unpaired) electrons. The Bertz CT molecular complexity index is 1060. The molecule has 0 aromatic heterocycles. The van der Waals surface area contributed by atoms with Crippen LogP contribution in [-0.2, 0) is 44.4 Å². The van der Waals surface area contributed by atoms with Gasteiger partial charge in [0.15, 0.2) is 6.79 Å². The smallest absolute Gasteiger partial charge is 0.332 e. The standard InChI is InChI=1S/C37H60O9/c1-36(2,3)46-34(38)25-44-22-21-43-20-19-42-18-17-41-16-8-7-9-27-23-28-24-29(45-26-39-5)10-11-30(28)31-14-15-37(4)32(35(27)31)12-13-33(37)40-6/h10-11,24,27,31-33,35H,7-9,12-23,25-26H2,1-6H3. The van der Waals surface area contributed by atoms with Gasteiger partial charge in [-0.3, -0.25) is 0 Å². The van der Waals surface area contributed by atoms with Gasteiger partial charge in [-0.2, -0.15) is 0 Å². The molecule has 1 aromatic rings. The number of ether oxygens (including phenoxy) is 8. The summed E-state index contributed by atoms with van der Waals surface area (Å²) in [7, 11) is 3.57. The van der Waals surface area contributed by atoms with Gasteiger partial charge in [0.1, 0.15) is 18.0 Å². The highest BCUT2D eigenvalue weighted by Crippen LogP contribution is 2.63. The SMILES string of the molecule is COCOc1ccc2c(c1)CC(CCCCOCCOCCOCCOCC(=O)OC(C)(C)C)C1C2CCC2(C)C(OC)CCC12. The molecule has 0 aliphatic heterocycles. The van der Waals surface area contributed by atoms with Gasteiger partial charge in [-0.05, 0) is 118 Å². The van der Waals surface area contributed by atoms with Gasteiger partial charge in [0, 0.05) is 20.8 Å². The third-order valence-corrected chi connectivity index (χ3v) is 10.3. The van der Waals surface area contributed by atoms with Crippen molar-refractivity contribution in [1.82, 2.24) is 0 Å². The van der Waals surface area contributed by atoms with Gasteiger partial charge in [0.2, 0.25) is 0 Å². The molecular formula is C37H60O9. The third-order valence-electron chi connectivity index (χ3n) is 10.3. The first-order chi connectivity index (χ1) is 22.2. The lowest BCUT2D eigenvalue weighted by atomic mass is 9.52. The third kappa shape index (κ3) is 10.4. The van der Waals surface area contributed by atoms with Crippen molar-refractivity contribution in [3.05, 3.63) is 29.3 Å². The second kappa shape index (κ2) is 18.1. The molecule has 4 rings (SSSR count). The maximum absolute atomic E-state index is 11.6. The van der Waals surface area contributed by atoms with Gasteiger partial charge in [-0.25, -0.2) is 4.79 Å². The number of carbonyl (C=O) groups is 1. The quantitative estimate of drug-likeness (QED) is 0.0912. The maximum Gasteiger partial charge on any atom is 0.332 e. The zero-order chi connectivity index (χ0) is 33.0. The highest BCUT2D eigenvalue weighted by atomic mass is 16.7. The van der Waals surface area contributed by atoms with Gasteiger partial charge in [-0.1, -0.05) is 19.4 Å². The molecule has 6 atom stereocenters. The summed E-state index contributed by atoms with van der Waals surface area (Å²) in [5.74, 6) is 3.27. The lowest BCUT2D eigenvalue weighted by Gasteiger charge is -2.53. The van der Waals surface area contributed by atoms with Crippen molar-refractivity contribution in [2.45, 2.75) is 96.7 Å². The molecule has 0 amide bonds. The summed E-state index contributed by atoms with van der Waals surface area (Å²) in [5.41, 5.74) is 2.81. The van der Waals surface area contributed by atoms with Crippen LogP contribution in [0.15, 0.2) is 18.2 Å². The topological polar surface area (TPSA) is 90.9 Å². The summed E-state index contributed by atoms with van der Waals surface area (Å²) < 4.78 is 44.5. The first kappa shape index (κ1) is 37.1. The zero-order valence-corrected chi connectivity index (χ0v) is 29.3. The van der Waals surface area contributed by atoms with E-state index in [-0.39, 0.29) is 24.8 Å². The van der Waals surface area contributed by atoms with E-state index in [0.29, 0.717) is 63.5 Å². The normalized spacial score (nSPS) is 27.1. The Morgan fingerprint density at radius 2 is 1.59 bits per heavy atom. The Morgan fingerprint density at radius 3 is 2.26 bits per heavy atom. The molecule has 9 nitrogen and oxygen atoms in total. The number of benzene rings is 1. The van der Waals surface area contributed by atoms with Gasteiger partial charge < -0.3 is 37.9 Å². The van der Waals surface area contributed by atoms with Crippen molar-refractivity contribution in [2.75, 3.05) is 73.9 Å². The molecule has 0 spiro atoms. The van der Waals surface area contributed by atoms with Gasteiger partial charge in [0.25, 0.3) is 0 Å². The predicted octanol–water partition coefficient (Wildman–Crippen LogP) is 6.34. The van der Waals surface area contributed by atoms with Crippen molar-refractivity contribution in [3.63, 3.8) is 0 Å². The summed E-state index contributed by atoms with van der Waals surface area (Å²) in [5, 5.41) is 0. The number of fused-ring (bicyclic) bond motifs is 5. The van der Waals surface area contributed by atoms with Gasteiger partial charge in [-0.15, -0.1) is 0 Å². The van der Waals surface area contributed by atoms with Crippen LogP contribution in [0.25, 0.3) is 0 Å². The molecule has 3 aliphatic rings. The average Bonchev–Trinajstić information content (AvgIpc) is 3.36. The molecule has 2 saturated carbocycles. The van der Waals surface area contributed by atoms with Crippen LogP contribution in [0.4, 0.5) is 0 Å². The summed E-state index contributed by atoms with van der Waals surface area (Å²) in [4.78, 5) is 11.6. The van der Waals surface area contributed by atoms with Crippen LogP contribution >= 0.6 is 0 Å². The molecule has 262 valence electrons.